The summed E-state index contributed by atoms with van der Waals surface area (Å²) in [6.45, 7) is 6.00. The molecule has 0 radical (unpaired) electrons. The smallest absolute Gasteiger partial charge is 0.255 e. The maximum Gasteiger partial charge on any atom is 0.255 e. The molecule has 0 bridgehead atoms. The van der Waals surface area contributed by atoms with Crippen molar-refractivity contribution in [2.75, 3.05) is 24.8 Å². The second-order valence-corrected chi connectivity index (χ2v) is 3.93. The van der Waals surface area contributed by atoms with Crippen molar-refractivity contribution in [3.8, 4) is 5.95 Å². The van der Waals surface area contributed by atoms with Gasteiger partial charge in [-0.15, -0.1) is 5.01 Å². The third-order valence-corrected chi connectivity index (χ3v) is 2.28. The number of morpholine rings is 1. The molecular weight excluding hydrogens is 186 g/mol. The number of aromatic nitrogens is 2. The summed E-state index contributed by atoms with van der Waals surface area (Å²) < 4.78 is 9.84. The van der Waals surface area contributed by atoms with E-state index in [9.17, 15) is 5.11 Å². The highest BCUT2D eigenvalue weighted by atomic mass is 16.6. The van der Waals surface area contributed by atoms with Gasteiger partial charge in [0.05, 0.1) is 19.8 Å². The van der Waals surface area contributed by atoms with Crippen molar-refractivity contribution in [3.63, 3.8) is 0 Å². The Balaban J connectivity index is 2.23. The molecule has 1 saturated heterocycles. The molecule has 1 aliphatic heterocycles. The van der Waals surface area contributed by atoms with Crippen LogP contribution in [0.3, 0.4) is 0 Å². The highest BCUT2D eigenvalue weighted by Crippen LogP contribution is 2.14. The number of ether oxygens (including phenoxy) is 1. The average Bonchev–Trinajstić information content (AvgIpc) is 2.51. The van der Waals surface area contributed by atoms with Gasteiger partial charge in [-0.2, -0.15) is 0 Å². The third kappa shape index (κ3) is 1.52. The molecular formula is C8H13N3O3. The first kappa shape index (κ1) is 9.26. The molecule has 0 aromatic carbocycles. The molecule has 1 aromatic rings. The third-order valence-electron chi connectivity index (χ3n) is 2.28. The molecule has 78 valence electrons. The number of rotatable bonds is 1. The summed E-state index contributed by atoms with van der Waals surface area (Å²) in [5.74, 6) is -0.438. The van der Waals surface area contributed by atoms with Crippen LogP contribution in [-0.4, -0.2) is 30.6 Å². The number of nitrogens with zero attached hydrogens (tertiary/aromatic N) is 3. The predicted molar refractivity (Wildman–Crippen MR) is 44.1 cm³/mol. The van der Waals surface area contributed by atoms with Gasteiger partial charge in [-0.05, 0) is 13.8 Å². The van der Waals surface area contributed by atoms with Gasteiger partial charge in [-0.1, -0.05) is 0 Å². The van der Waals surface area contributed by atoms with Crippen LogP contribution >= 0.6 is 0 Å². The maximum absolute atomic E-state index is 10.8. The standard InChI is InChI=1S/C8H13N3O3/c1-8(2)6-13-4-3-10(8)11-5-7(12)14-9-11/h5H,3-4,6H2,1-2H3. The summed E-state index contributed by atoms with van der Waals surface area (Å²) in [6.07, 6.45) is 1.33. The van der Waals surface area contributed by atoms with Crippen molar-refractivity contribution in [2.45, 2.75) is 19.4 Å². The molecule has 1 fully saturated rings. The van der Waals surface area contributed by atoms with Crippen LogP contribution in [0.15, 0.2) is 10.7 Å². The summed E-state index contributed by atoms with van der Waals surface area (Å²) in [6, 6.07) is 0. The van der Waals surface area contributed by atoms with E-state index in [0.717, 1.165) is 0 Å². The van der Waals surface area contributed by atoms with Gasteiger partial charge in [0.25, 0.3) is 6.20 Å². The van der Waals surface area contributed by atoms with Gasteiger partial charge in [-0.3, -0.25) is 0 Å². The monoisotopic (exact) mass is 199 g/mol. The molecule has 14 heavy (non-hydrogen) atoms. The molecule has 2 heterocycles. The Hall–Kier alpha value is -1.30. The van der Waals surface area contributed by atoms with E-state index in [0.29, 0.717) is 19.8 Å². The highest BCUT2D eigenvalue weighted by molar-refractivity contribution is 4.96. The van der Waals surface area contributed by atoms with E-state index in [1.165, 1.54) is 11.0 Å². The van der Waals surface area contributed by atoms with Gasteiger partial charge in [-0.25, -0.2) is 0 Å². The SMILES string of the molecule is CC1(C)COCCN1[n+]1cc([O-])on1. The summed E-state index contributed by atoms with van der Waals surface area (Å²) in [4.78, 5) is 1.45. The van der Waals surface area contributed by atoms with E-state index in [4.69, 9.17) is 4.74 Å². The molecule has 0 N–H and O–H groups in total. The maximum atomic E-state index is 10.8. The highest BCUT2D eigenvalue weighted by Gasteiger charge is 2.37. The van der Waals surface area contributed by atoms with E-state index >= 15 is 0 Å². The van der Waals surface area contributed by atoms with Crippen molar-refractivity contribution in [3.05, 3.63) is 6.20 Å². The summed E-state index contributed by atoms with van der Waals surface area (Å²) in [5, 5.41) is 16.4. The Morgan fingerprint density at radius 3 is 3.00 bits per heavy atom. The first-order valence-electron chi connectivity index (χ1n) is 4.51. The molecule has 6 nitrogen and oxygen atoms in total. The van der Waals surface area contributed by atoms with Crippen LogP contribution in [0.25, 0.3) is 0 Å². The minimum Gasteiger partial charge on any atom is -0.539 e. The quantitative estimate of drug-likeness (QED) is 0.530. The van der Waals surface area contributed by atoms with Gasteiger partial charge in [0.2, 0.25) is 0 Å². The predicted octanol–water partition coefficient (Wildman–Crippen LogP) is -1.22. The molecule has 0 spiro atoms. The lowest BCUT2D eigenvalue weighted by atomic mass is 10.1. The minimum atomic E-state index is -0.438. The lowest BCUT2D eigenvalue weighted by Crippen LogP contribution is -2.71. The van der Waals surface area contributed by atoms with Crippen molar-refractivity contribution < 1.29 is 19.2 Å². The molecule has 0 amide bonds. The average molecular weight is 199 g/mol. The second kappa shape index (κ2) is 3.13. The Morgan fingerprint density at radius 2 is 2.43 bits per heavy atom. The van der Waals surface area contributed by atoms with Gasteiger partial charge in [0, 0.05) is 4.79 Å². The Kier molecular flexibility index (Phi) is 2.07. The zero-order valence-corrected chi connectivity index (χ0v) is 8.27. The molecule has 0 atom stereocenters. The molecule has 0 aliphatic carbocycles. The number of hydrogen-bond acceptors (Lipinski definition) is 5. The van der Waals surface area contributed by atoms with Crippen LogP contribution in [0.2, 0.25) is 0 Å². The van der Waals surface area contributed by atoms with Gasteiger partial charge in [0.15, 0.2) is 5.95 Å². The number of hydrogen-bond donors (Lipinski definition) is 0. The first-order chi connectivity index (χ1) is 6.59. The zero-order chi connectivity index (χ0) is 10.2. The molecule has 0 saturated carbocycles. The van der Waals surface area contributed by atoms with Gasteiger partial charge in [0.1, 0.15) is 10.8 Å². The summed E-state index contributed by atoms with van der Waals surface area (Å²) in [7, 11) is 0. The normalized spacial score (nSPS) is 21.1. The molecule has 6 heteroatoms. The Bertz CT molecular complexity index is 323. The van der Waals surface area contributed by atoms with Crippen molar-refractivity contribution in [1.29, 1.82) is 0 Å². The summed E-state index contributed by atoms with van der Waals surface area (Å²) in [5.41, 5.74) is -0.174. The van der Waals surface area contributed by atoms with Crippen molar-refractivity contribution in [1.82, 2.24) is 5.27 Å². The van der Waals surface area contributed by atoms with Crippen LogP contribution < -0.4 is 14.9 Å². The molecule has 2 rings (SSSR count). The van der Waals surface area contributed by atoms with E-state index < -0.39 is 5.95 Å². The van der Waals surface area contributed by atoms with Crippen molar-refractivity contribution in [2.24, 2.45) is 0 Å². The van der Waals surface area contributed by atoms with Crippen LogP contribution in [0, 0.1) is 0 Å². The second-order valence-electron chi connectivity index (χ2n) is 3.93. The lowest BCUT2D eigenvalue weighted by molar-refractivity contribution is -0.767. The summed E-state index contributed by atoms with van der Waals surface area (Å²) >= 11 is 0. The van der Waals surface area contributed by atoms with E-state index in [1.54, 1.807) is 0 Å². The Labute approximate surface area is 81.6 Å². The van der Waals surface area contributed by atoms with Crippen LogP contribution in [0.4, 0.5) is 0 Å². The topological polar surface area (TPSA) is 65.4 Å². The van der Waals surface area contributed by atoms with E-state index in [1.807, 2.05) is 18.9 Å². The Morgan fingerprint density at radius 1 is 1.64 bits per heavy atom. The van der Waals surface area contributed by atoms with Crippen LogP contribution in [0.5, 0.6) is 5.95 Å². The molecule has 1 aliphatic rings. The van der Waals surface area contributed by atoms with Crippen LogP contribution in [0.1, 0.15) is 13.8 Å². The first-order valence-corrected chi connectivity index (χ1v) is 4.51. The molecule has 1 aromatic heterocycles. The van der Waals surface area contributed by atoms with E-state index in [2.05, 4.69) is 9.79 Å². The fourth-order valence-electron chi connectivity index (χ4n) is 1.57. The van der Waals surface area contributed by atoms with Gasteiger partial charge >= 0.3 is 0 Å². The van der Waals surface area contributed by atoms with E-state index in [-0.39, 0.29) is 5.54 Å². The van der Waals surface area contributed by atoms with Gasteiger partial charge < -0.3 is 14.4 Å². The fraction of sp³-hybridized carbons (Fsp3) is 0.750. The largest absolute Gasteiger partial charge is 0.539 e. The van der Waals surface area contributed by atoms with Crippen LogP contribution in [-0.2, 0) is 4.74 Å². The minimum absolute atomic E-state index is 0.174. The van der Waals surface area contributed by atoms with Crippen molar-refractivity contribution >= 4 is 0 Å². The molecule has 0 unspecified atom stereocenters. The zero-order valence-electron chi connectivity index (χ0n) is 8.27. The lowest BCUT2D eigenvalue weighted by Gasteiger charge is -2.35. The fourth-order valence-corrected chi connectivity index (χ4v) is 1.57.